The predicted molar refractivity (Wildman–Crippen MR) is 112 cm³/mol. The lowest BCUT2D eigenvalue weighted by atomic mass is 9.92. The maximum absolute atomic E-state index is 10.5. The normalized spacial score (nSPS) is 14.7. The lowest BCUT2D eigenvalue weighted by molar-refractivity contribution is -0.137. The van der Waals surface area contributed by atoms with Gasteiger partial charge in [-0.2, -0.15) is 0 Å². The fourth-order valence-electron chi connectivity index (χ4n) is 3.06. The average molecular weight is 393 g/mol. The maximum Gasteiger partial charge on any atom is 0.303 e. The van der Waals surface area contributed by atoms with Gasteiger partial charge < -0.3 is 20.1 Å². The van der Waals surface area contributed by atoms with E-state index in [4.69, 9.17) is 9.84 Å². The Labute approximate surface area is 169 Å². The van der Waals surface area contributed by atoms with Crippen LogP contribution < -0.4 is 4.74 Å². The molecule has 0 aliphatic rings. The van der Waals surface area contributed by atoms with E-state index in [0.29, 0.717) is 12.8 Å². The Balaban J connectivity index is 2.25. The molecule has 3 N–H and O–H groups in total. The minimum absolute atomic E-state index is 0.144. The second-order valence-electron chi connectivity index (χ2n) is 7.39. The van der Waals surface area contributed by atoms with Crippen LogP contribution in [-0.2, 0) is 11.2 Å². The second kappa shape index (κ2) is 14.2. The van der Waals surface area contributed by atoms with Gasteiger partial charge in [0, 0.05) is 6.42 Å². The molecular weight excluding hydrogens is 356 g/mol. The van der Waals surface area contributed by atoms with Crippen molar-refractivity contribution in [3.63, 3.8) is 0 Å². The van der Waals surface area contributed by atoms with Crippen LogP contribution in [0.4, 0.5) is 0 Å². The molecule has 0 radical (unpaired) electrons. The van der Waals surface area contributed by atoms with Crippen LogP contribution in [0.1, 0.15) is 64.4 Å². The van der Waals surface area contributed by atoms with Crippen LogP contribution in [0.3, 0.4) is 0 Å². The van der Waals surface area contributed by atoms with Gasteiger partial charge in [0.05, 0.1) is 12.2 Å². The van der Waals surface area contributed by atoms with Gasteiger partial charge in [-0.3, -0.25) is 4.79 Å². The van der Waals surface area contributed by atoms with E-state index >= 15 is 0 Å². The summed E-state index contributed by atoms with van der Waals surface area (Å²) in [5.41, 5.74) is 1.21. The number of unbranched alkanes of at least 4 members (excludes halogenated alkanes) is 1. The lowest BCUT2D eigenvalue weighted by Gasteiger charge is -2.19. The van der Waals surface area contributed by atoms with Crippen molar-refractivity contribution in [3.05, 3.63) is 42.0 Å². The van der Waals surface area contributed by atoms with Crippen molar-refractivity contribution in [2.45, 2.75) is 77.4 Å². The summed E-state index contributed by atoms with van der Waals surface area (Å²) in [6.45, 7) is 4.16. The monoisotopic (exact) mass is 392 g/mol. The first-order valence-electron chi connectivity index (χ1n) is 10.4. The molecule has 0 spiro atoms. The number of rotatable bonds is 15. The van der Waals surface area contributed by atoms with Crippen molar-refractivity contribution in [1.29, 1.82) is 0 Å². The molecule has 0 saturated carbocycles. The van der Waals surface area contributed by atoms with Gasteiger partial charge >= 0.3 is 5.97 Å². The van der Waals surface area contributed by atoms with Gasteiger partial charge in [-0.1, -0.05) is 37.6 Å². The third-order valence-corrected chi connectivity index (χ3v) is 4.91. The zero-order valence-corrected chi connectivity index (χ0v) is 17.2. The summed E-state index contributed by atoms with van der Waals surface area (Å²) in [6, 6.07) is 7.92. The van der Waals surface area contributed by atoms with Crippen LogP contribution in [-0.4, -0.2) is 40.1 Å². The van der Waals surface area contributed by atoms with E-state index in [-0.39, 0.29) is 18.9 Å². The van der Waals surface area contributed by atoms with Crippen molar-refractivity contribution < 1.29 is 24.9 Å². The van der Waals surface area contributed by atoms with Crippen LogP contribution in [0.2, 0.25) is 0 Å². The maximum atomic E-state index is 10.5. The van der Waals surface area contributed by atoms with Crippen LogP contribution in [0.25, 0.3) is 0 Å². The van der Waals surface area contributed by atoms with Gasteiger partial charge in [0.1, 0.15) is 12.4 Å². The molecular formula is C23H36O5. The number of carbonyl (C=O) groups is 1. The summed E-state index contributed by atoms with van der Waals surface area (Å²) in [7, 11) is 0. The SMILES string of the molecule is CCc1cccc(OCC(O)CCCC(C/C=C\CCCC(=O)O)C(C)O)c1. The summed E-state index contributed by atoms with van der Waals surface area (Å²) in [4.78, 5) is 10.5. The minimum Gasteiger partial charge on any atom is -0.491 e. The zero-order chi connectivity index (χ0) is 20.8. The number of aliphatic hydroxyl groups is 2. The number of hydrogen-bond donors (Lipinski definition) is 3. The first kappa shape index (κ1) is 24.2. The standard InChI is InChI=1S/C23H36O5/c1-3-19-10-8-14-22(16-19)28-17-21(25)13-9-12-20(18(2)24)11-6-4-5-7-15-23(26)27/h4,6,8,10,14,16,18,20-21,24-25H,3,5,7,9,11-13,15,17H2,1-2H3,(H,26,27)/b6-4-. The minimum atomic E-state index is -0.768. The van der Waals surface area contributed by atoms with Gasteiger partial charge in [0.2, 0.25) is 0 Å². The van der Waals surface area contributed by atoms with Crippen molar-refractivity contribution in [1.82, 2.24) is 0 Å². The topological polar surface area (TPSA) is 87.0 Å². The molecule has 0 heterocycles. The first-order valence-corrected chi connectivity index (χ1v) is 10.4. The molecule has 3 atom stereocenters. The van der Waals surface area contributed by atoms with E-state index in [1.807, 2.05) is 30.4 Å². The summed E-state index contributed by atoms with van der Waals surface area (Å²) in [5, 5.41) is 28.7. The predicted octanol–water partition coefficient (Wildman–Crippen LogP) is 4.36. The largest absolute Gasteiger partial charge is 0.491 e. The molecule has 5 heteroatoms. The molecule has 28 heavy (non-hydrogen) atoms. The molecule has 5 nitrogen and oxygen atoms in total. The van der Waals surface area contributed by atoms with Crippen molar-refractivity contribution >= 4 is 5.97 Å². The Bertz CT molecular complexity index is 582. The summed E-state index contributed by atoms with van der Waals surface area (Å²) >= 11 is 0. The van der Waals surface area contributed by atoms with E-state index in [0.717, 1.165) is 37.9 Å². The number of aliphatic carboxylic acids is 1. The zero-order valence-electron chi connectivity index (χ0n) is 17.2. The molecule has 0 amide bonds. The lowest BCUT2D eigenvalue weighted by Crippen LogP contribution is -2.20. The summed E-state index contributed by atoms with van der Waals surface area (Å²) in [6.07, 6.45) is 8.67. The summed E-state index contributed by atoms with van der Waals surface area (Å²) < 4.78 is 5.68. The molecule has 0 bridgehead atoms. The van der Waals surface area contributed by atoms with Crippen molar-refractivity contribution in [2.24, 2.45) is 5.92 Å². The molecule has 0 fully saturated rings. The van der Waals surface area contributed by atoms with Gasteiger partial charge in [0.25, 0.3) is 0 Å². The van der Waals surface area contributed by atoms with Crippen molar-refractivity contribution in [3.8, 4) is 5.75 Å². The van der Waals surface area contributed by atoms with Gasteiger partial charge in [-0.25, -0.2) is 0 Å². The van der Waals surface area contributed by atoms with Crippen LogP contribution >= 0.6 is 0 Å². The first-order chi connectivity index (χ1) is 13.4. The quantitative estimate of drug-likeness (QED) is 0.305. The molecule has 1 rings (SSSR count). The van der Waals surface area contributed by atoms with E-state index in [2.05, 4.69) is 13.0 Å². The number of aryl methyl sites for hydroxylation is 1. The molecule has 1 aromatic carbocycles. The molecule has 1 aromatic rings. The van der Waals surface area contributed by atoms with E-state index in [1.165, 1.54) is 5.56 Å². The molecule has 158 valence electrons. The van der Waals surface area contributed by atoms with Gasteiger partial charge in [0.15, 0.2) is 0 Å². The van der Waals surface area contributed by atoms with Crippen molar-refractivity contribution in [2.75, 3.05) is 6.61 Å². The van der Waals surface area contributed by atoms with E-state index in [9.17, 15) is 15.0 Å². The third-order valence-electron chi connectivity index (χ3n) is 4.91. The van der Waals surface area contributed by atoms with Gasteiger partial charge in [-0.15, -0.1) is 0 Å². The average Bonchev–Trinajstić information content (AvgIpc) is 2.67. The number of ether oxygens (including phenoxy) is 1. The van der Waals surface area contributed by atoms with Crippen LogP contribution in [0.15, 0.2) is 36.4 Å². The Hall–Kier alpha value is -1.85. The number of hydrogen-bond acceptors (Lipinski definition) is 4. The smallest absolute Gasteiger partial charge is 0.303 e. The summed E-state index contributed by atoms with van der Waals surface area (Å²) in [5.74, 6) is 0.161. The highest BCUT2D eigenvalue weighted by Crippen LogP contribution is 2.20. The Morgan fingerprint density at radius 1 is 1.18 bits per heavy atom. The Morgan fingerprint density at radius 3 is 2.64 bits per heavy atom. The van der Waals surface area contributed by atoms with Crippen LogP contribution in [0, 0.1) is 5.92 Å². The highest BCUT2D eigenvalue weighted by Gasteiger charge is 2.14. The van der Waals surface area contributed by atoms with E-state index in [1.54, 1.807) is 6.92 Å². The fourth-order valence-corrected chi connectivity index (χ4v) is 3.06. The Kier molecular flexibility index (Phi) is 12.3. The van der Waals surface area contributed by atoms with Gasteiger partial charge in [-0.05, 0) is 69.1 Å². The molecule has 3 unspecified atom stereocenters. The molecule has 0 aliphatic carbocycles. The highest BCUT2D eigenvalue weighted by atomic mass is 16.5. The van der Waals surface area contributed by atoms with E-state index < -0.39 is 18.2 Å². The fraction of sp³-hybridized carbons (Fsp3) is 0.609. The number of carboxylic acid groups (broad SMARTS) is 1. The molecule has 0 aromatic heterocycles. The molecule has 0 aliphatic heterocycles. The van der Waals surface area contributed by atoms with Crippen LogP contribution in [0.5, 0.6) is 5.75 Å². The highest BCUT2D eigenvalue weighted by molar-refractivity contribution is 5.66. The molecule has 0 saturated heterocycles. The Morgan fingerprint density at radius 2 is 1.96 bits per heavy atom. The third kappa shape index (κ3) is 11.1. The number of benzene rings is 1. The number of aliphatic hydroxyl groups excluding tert-OH is 2. The second-order valence-corrected chi connectivity index (χ2v) is 7.39. The number of allylic oxidation sites excluding steroid dienone is 2. The number of carboxylic acids is 1.